The van der Waals surface area contributed by atoms with Gasteiger partial charge in [0.1, 0.15) is 34.5 Å². The number of benzene rings is 3. The number of nitrogens with zero attached hydrogens (tertiary/aromatic N) is 3. The van der Waals surface area contributed by atoms with E-state index in [-0.39, 0.29) is 35.2 Å². The number of rotatable bonds is 2. The predicted octanol–water partition coefficient (Wildman–Crippen LogP) is 6.70. The Kier molecular flexibility index (Phi) is 9.10. The SMILES string of the molecule is Cc1c2n(c3c(CC(C)C)cc(F)cc13)CCNC2=O.Cc1c2n(c3ccc(F)cc13)CCNC2=O.Cc1cc(F)cc2cc3n(c12)CCNC3=O. The normalized spacial score (nSPS) is 14.9. The molecule has 0 radical (unpaired) electrons. The van der Waals surface area contributed by atoms with Crippen LogP contribution < -0.4 is 16.0 Å². The Morgan fingerprint density at radius 1 is 0.635 bits per heavy atom. The minimum absolute atomic E-state index is 0.0548. The molecule has 12 heteroatoms. The summed E-state index contributed by atoms with van der Waals surface area (Å²) in [5.41, 5.74) is 8.49. The fourth-order valence-electron chi connectivity index (χ4n) is 7.94. The number of aryl methyl sites for hydroxylation is 3. The molecule has 3 N–H and O–H groups in total. The molecule has 0 bridgehead atoms. The second-order valence-corrected chi connectivity index (χ2v) is 14.1. The number of hydrogen-bond acceptors (Lipinski definition) is 3. The number of amides is 3. The average Bonchev–Trinajstić information content (AvgIpc) is 3.70. The number of carbonyl (C=O) groups is 3. The molecule has 0 atom stereocenters. The van der Waals surface area contributed by atoms with Crippen molar-refractivity contribution in [3.05, 3.63) is 105 Å². The maximum absolute atomic E-state index is 13.9. The molecule has 6 aromatic rings. The first kappa shape index (κ1) is 34.9. The Labute approximate surface area is 298 Å². The standard InChI is InChI=1S/C16H19FN2O.2C12H11FN2O/c1-9(2)6-11-7-12(17)8-13-10(3)14-16(20)18-4-5-19(14)15(11)13;1-7-4-9(13)5-8-6-10-12(16)14-2-3-15(10)11(7)8;1-7-9-6-8(13)2-3-10(9)15-5-4-14-12(16)11(7)15/h7-9H,4-6H2,1-3H3,(H,18,20);4-6H,2-3H2,1H3,(H,14,16);2-3,6H,4-5H2,1H3,(H,14,16). The van der Waals surface area contributed by atoms with Crippen molar-refractivity contribution in [3.63, 3.8) is 0 Å². The van der Waals surface area contributed by atoms with Gasteiger partial charge in [-0.1, -0.05) is 13.8 Å². The topological polar surface area (TPSA) is 102 Å². The molecule has 3 aliphatic heterocycles. The van der Waals surface area contributed by atoms with Crippen molar-refractivity contribution in [3.8, 4) is 0 Å². The molecule has 0 aliphatic carbocycles. The molecule has 0 spiro atoms. The van der Waals surface area contributed by atoms with Crippen molar-refractivity contribution >= 4 is 50.4 Å². The maximum Gasteiger partial charge on any atom is 0.268 e. The van der Waals surface area contributed by atoms with E-state index in [1.54, 1.807) is 24.3 Å². The van der Waals surface area contributed by atoms with Crippen LogP contribution in [0.1, 0.15) is 67.6 Å². The van der Waals surface area contributed by atoms with Gasteiger partial charge in [-0.05, 0) is 104 Å². The molecular formula is C40H41F3N6O3. The third-order valence-corrected chi connectivity index (χ3v) is 10.0. The summed E-state index contributed by atoms with van der Waals surface area (Å²) >= 11 is 0. The summed E-state index contributed by atoms with van der Waals surface area (Å²) in [4.78, 5) is 35.4. The zero-order valence-corrected chi connectivity index (χ0v) is 29.8. The Bertz CT molecular complexity index is 2430. The molecular weight excluding hydrogens is 669 g/mol. The summed E-state index contributed by atoms with van der Waals surface area (Å²) in [6.45, 7) is 14.0. The van der Waals surface area contributed by atoms with Gasteiger partial charge in [0, 0.05) is 60.9 Å². The summed E-state index contributed by atoms with van der Waals surface area (Å²) in [5, 5.41) is 10.9. The monoisotopic (exact) mass is 710 g/mol. The summed E-state index contributed by atoms with van der Waals surface area (Å²) in [5.74, 6) is -0.501. The van der Waals surface area contributed by atoms with Gasteiger partial charge in [-0.15, -0.1) is 0 Å². The van der Waals surface area contributed by atoms with Crippen LogP contribution in [0.25, 0.3) is 32.7 Å². The molecule has 6 heterocycles. The molecule has 3 aromatic carbocycles. The highest BCUT2D eigenvalue weighted by Crippen LogP contribution is 2.32. The lowest BCUT2D eigenvalue weighted by atomic mass is 9.99. The third kappa shape index (κ3) is 6.09. The smallest absolute Gasteiger partial charge is 0.268 e. The van der Waals surface area contributed by atoms with Gasteiger partial charge in [0.2, 0.25) is 0 Å². The average molecular weight is 711 g/mol. The van der Waals surface area contributed by atoms with E-state index in [2.05, 4.69) is 34.4 Å². The highest BCUT2D eigenvalue weighted by atomic mass is 19.1. The van der Waals surface area contributed by atoms with Crippen LogP contribution in [0.4, 0.5) is 13.2 Å². The van der Waals surface area contributed by atoms with Crippen molar-refractivity contribution in [2.45, 2.75) is 60.7 Å². The van der Waals surface area contributed by atoms with E-state index in [0.717, 1.165) is 81.0 Å². The molecule has 0 fully saturated rings. The molecule has 3 aliphatic rings. The van der Waals surface area contributed by atoms with Crippen LogP contribution in [-0.2, 0) is 26.1 Å². The van der Waals surface area contributed by atoms with E-state index in [4.69, 9.17) is 0 Å². The molecule has 3 aromatic heterocycles. The molecule has 0 unspecified atom stereocenters. The summed E-state index contributed by atoms with van der Waals surface area (Å²) in [6, 6.07) is 12.5. The molecule has 270 valence electrons. The van der Waals surface area contributed by atoms with Crippen LogP contribution in [0.5, 0.6) is 0 Å². The quantitative estimate of drug-likeness (QED) is 0.187. The van der Waals surface area contributed by atoms with E-state index in [9.17, 15) is 27.6 Å². The van der Waals surface area contributed by atoms with Gasteiger partial charge in [-0.3, -0.25) is 14.4 Å². The molecule has 52 heavy (non-hydrogen) atoms. The number of halogens is 3. The Balaban J connectivity index is 0.000000122. The molecule has 0 saturated heterocycles. The Hall–Kier alpha value is -5.52. The fraction of sp³-hybridized carbons (Fsp3) is 0.325. The maximum atomic E-state index is 13.9. The van der Waals surface area contributed by atoms with Crippen molar-refractivity contribution in [1.29, 1.82) is 0 Å². The first-order chi connectivity index (χ1) is 24.8. The van der Waals surface area contributed by atoms with Crippen molar-refractivity contribution in [2.75, 3.05) is 19.6 Å². The zero-order chi connectivity index (χ0) is 37.0. The fourth-order valence-corrected chi connectivity index (χ4v) is 7.94. The first-order valence-electron chi connectivity index (χ1n) is 17.6. The molecule has 9 nitrogen and oxygen atoms in total. The number of aromatic nitrogens is 3. The van der Waals surface area contributed by atoms with Crippen LogP contribution in [0.3, 0.4) is 0 Å². The van der Waals surface area contributed by atoms with Gasteiger partial charge >= 0.3 is 0 Å². The lowest BCUT2D eigenvalue weighted by Gasteiger charge is -2.18. The van der Waals surface area contributed by atoms with E-state index >= 15 is 0 Å². The second-order valence-electron chi connectivity index (χ2n) is 14.1. The minimum atomic E-state index is -0.265. The highest BCUT2D eigenvalue weighted by Gasteiger charge is 2.26. The molecule has 9 rings (SSSR count). The second kappa shape index (κ2) is 13.6. The summed E-state index contributed by atoms with van der Waals surface area (Å²) in [6.07, 6.45) is 0.818. The lowest BCUT2D eigenvalue weighted by molar-refractivity contribution is 0.0920. The highest BCUT2D eigenvalue weighted by molar-refractivity contribution is 6.04. The van der Waals surface area contributed by atoms with Crippen LogP contribution in [-0.4, -0.2) is 51.1 Å². The number of nitrogens with one attached hydrogen (secondary N) is 3. The van der Waals surface area contributed by atoms with E-state index in [1.807, 2.05) is 29.9 Å². The van der Waals surface area contributed by atoms with Crippen LogP contribution in [0, 0.1) is 44.1 Å². The van der Waals surface area contributed by atoms with Gasteiger partial charge in [0.15, 0.2) is 0 Å². The van der Waals surface area contributed by atoms with E-state index < -0.39 is 0 Å². The molecule has 3 amide bonds. The van der Waals surface area contributed by atoms with E-state index in [0.29, 0.717) is 42.6 Å². The predicted molar refractivity (Wildman–Crippen MR) is 195 cm³/mol. The number of hydrogen-bond donors (Lipinski definition) is 3. The van der Waals surface area contributed by atoms with Crippen LogP contribution >= 0.6 is 0 Å². The van der Waals surface area contributed by atoms with Gasteiger partial charge in [-0.25, -0.2) is 13.2 Å². The largest absolute Gasteiger partial charge is 0.349 e. The van der Waals surface area contributed by atoms with Gasteiger partial charge in [0.25, 0.3) is 17.7 Å². The van der Waals surface area contributed by atoms with E-state index in [1.165, 1.54) is 24.3 Å². The van der Waals surface area contributed by atoms with Crippen LogP contribution in [0.15, 0.2) is 48.5 Å². The van der Waals surface area contributed by atoms with Crippen LogP contribution in [0.2, 0.25) is 0 Å². The third-order valence-electron chi connectivity index (χ3n) is 10.0. The molecule has 0 saturated carbocycles. The zero-order valence-electron chi connectivity index (χ0n) is 29.8. The van der Waals surface area contributed by atoms with Gasteiger partial charge < -0.3 is 29.7 Å². The minimum Gasteiger partial charge on any atom is -0.349 e. The first-order valence-corrected chi connectivity index (χ1v) is 17.6. The number of carbonyl (C=O) groups excluding carboxylic acids is 3. The van der Waals surface area contributed by atoms with Crippen molar-refractivity contribution < 1.29 is 27.6 Å². The van der Waals surface area contributed by atoms with Crippen molar-refractivity contribution in [1.82, 2.24) is 29.7 Å². The van der Waals surface area contributed by atoms with Gasteiger partial charge in [0.05, 0.1) is 11.0 Å². The Morgan fingerprint density at radius 3 is 1.90 bits per heavy atom. The van der Waals surface area contributed by atoms with Crippen molar-refractivity contribution in [2.24, 2.45) is 5.92 Å². The summed E-state index contributed by atoms with van der Waals surface area (Å²) < 4.78 is 46.3. The Morgan fingerprint density at radius 2 is 1.21 bits per heavy atom. The summed E-state index contributed by atoms with van der Waals surface area (Å²) in [7, 11) is 0. The van der Waals surface area contributed by atoms with Gasteiger partial charge in [-0.2, -0.15) is 0 Å². The lowest BCUT2D eigenvalue weighted by Crippen LogP contribution is -2.35. The number of fused-ring (bicyclic) bond motifs is 9.